The fraction of sp³-hybridized carbons (Fsp3) is 0.429. The standard InChI is InChI=1S/C14H20N2O5/c1-3-19-11-5-7-12(8-6-11)21-10-16-14(18)15-9-13(17)20-4-2/h5-8H,3-4,9-10H2,1-2H3,(H2,15,16,18). The van der Waals surface area contributed by atoms with E-state index in [0.29, 0.717) is 12.4 Å². The molecule has 0 spiro atoms. The Bertz CT molecular complexity index is 447. The number of nitrogens with one attached hydrogen (secondary N) is 2. The second-order valence-corrected chi connectivity index (χ2v) is 3.86. The van der Waals surface area contributed by atoms with Crippen LogP contribution < -0.4 is 20.1 Å². The van der Waals surface area contributed by atoms with Crippen molar-refractivity contribution in [3.05, 3.63) is 24.3 Å². The lowest BCUT2D eigenvalue weighted by atomic mass is 10.3. The predicted octanol–water partition coefficient (Wildman–Crippen LogP) is 1.28. The van der Waals surface area contributed by atoms with Gasteiger partial charge < -0.3 is 24.8 Å². The molecule has 0 fully saturated rings. The first-order chi connectivity index (χ1) is 10.2. The van der Waals surface area contributed by atoms with Crippen LogP contribution in [0.25, 0.3) is 0 Å². The van der Waals surface area contributed by atoms with Gasteiger partial charge in [0.25, 0.3) is 0 Å². The number of hydrogen-bond acceptors (Lipinski definition) is 5. The lowest BCUT2D eigenvalue weighted by Crippen LogP contribution is -2.40. The molecule has 0 saturated carbocycles. The van der Waals surface area contributed by atoms with Gasteiger partial charge in [-0.3, -0.25) is 4.79 Å². The van der Waals surface area contributed by atoms with Crippen molar-refractivity contribution in [3.8, 4) is 11.5 Å². The minimum atomic E-state index is -0.506. The minimum absolute atomic E-state index is 0.0113. The Morgan fingerprint density at radius 2 is 1.57 bits per heavy atom. The summed E-state index contributed by atoms with van der Waals surface area (Å²) in [7, 11) is 0. The molecule has 0 aliphatic rings. The molecular formula is C14H20N2O5. The Morgan fingerprint density at radius 1 is 0.952 bits per heavy atom. The summed E-state index contributed by atoms with van der Waals surface area (Å²) in [6.07, 6.45) is 0. The number of hydrogen-bond donors (Lipinski definition) is 2. The molecule has 0 aliphatic carbocycles. The Morgan fingerprint density at radius 3 is 2.14 bits per heavy atom. The van der Waals surface area contributed by atoms with Gasteiger partial charge in [0, 0.05) is 0 Å². The molecule has 0 radical (unpaired) electrons. The van der Waals surface area contributed by atoms with Gasteiger partial charge in [-0.05, 0) is 38.1 Å². The minimum Gasteiger partial charge on any atom is -0.494 e. The number of ether oxygens (including phenoxy) is 3. The molecule has 2 amide bonds. The monoisotopic (exact) mass is 296 g/mol. The summed E-state index contributed by atoms with van der Waals surface area (Å²) in [5.41, 5.74) is 0. The Hall–Kier alpha value is -2.44. The van der Waals surface area contributed by atoms with Gasteiger partial charge >= 0.3 is 12.0 Å². The molecule has 0 aromatic heterocycles. The summed E-state index contributed by atoms with van der Waals surface area (Å²) < 4.78 is 15.3. The SMILES string of the molecule is CCOC(=O)CNC(=O)NCOc1ccc(OCC)cc1. The third kappa shape index (κ3) is 7.05. The summed E-state index contributed by atoms with van der Waals surface area (Å²) in [6.45, 7) is 4.29. The topological polar surface area (TPSA) is 85.9 Å². The van der Waals surface area contributed by atoms with Crippen molar-refractivity contribution in [3.63, 3.8) is 0 Å². The molecule has 0 unspecified atom stereocenters. The zero-order chi connectivity index (χ0) is 15.5. The van der Waals surface area contributed by atoms with Gasteiger partial charge in [-0.25, -0.2) is 4.79 Å². The number of carbonyl (C=O) groups excluding carboxylic acids is 2. The van der Waals surface area contributed by atoms with Gasteiger partial charge in [-0.15, -0.1) is 0 Å². The Labute approximate surface area is 123 Å². The van der Waals surface area contributed by atoms with E-state index < -0.39 is 12.0 Å². The highest BCUT2D eigenvalue weighted by molar-refractivity contribution is 5.80. The molecule has 1 aromatic carbocycles. The number of amides is 2. The average Bonchev–Trinajstić information content (AvgIpc) is 2.48. The molecule has 7 nitrogen and oxygen atoms in total. The molecule has 0 atom stereocenters. The molecule has 1 aromatic rings. The molecule has 0 bridgehead atoms. The third-order valence-corrected chi connectivity index (χ3v) is 2.30. The lowest BCUT2D eigenvalue weighted by Gasteiger charge is -2.09. The quantitative estimate of drug-likeness (QED) is 0.557. The molecule has 0 aliphatic heterocycles. The highest BCUT2D eigenvalue weighted by Gasteiger charge is 2.05. The van der Waals surface area contributed by atoms with Crippen LogP contribution in [0.15, 0.2) is 24.3 Å². The van der Waals surface area contributed by atoms with E-state index in [9.17, 15) is 9.59 Å². The van der Waals surface area contributed by atoms with Gasteiger partial charge in [-0.2, -0.15) is 0 Å². The van der Waals surface area contributed by atoms with Crippen LogP contribution in [0.1, 0.15) is 13.8 Å². The second kappa shape index (κ2) is 9.46. The first-order valence-electron chi connectivity index (χ1n) is 6.68. The molecule has 21 heavy (non-hydrogen) atoms. The molecule has 0 heterocycles. The van der Waals surface area contributed by atoms with E-state index in [0.717, 1.165) is 5.75 Å². The molecule has 1 rings (SSSR count). The zero-order valence-electron chi connectivity index (χ0n) is 12.2. The fourth-order valence-corrected chi connectivity index (χ4v) is 1.41. The normalized spacial score (nSPS) is 9.62. The largest absolute Gasteiger partial charge is 0.494 e. The van der Waals surface area contributed by atoms with Crippen molar-refractivity contribution in [2.75, 3.05) is 26.5 Å². The maximum Gasteiger partial charge on any atom is 0.325 e. The van der Waals surface area contributed by atoms with Crippen molar-refractivity contribution in [2.45, 2.75) is 13.8 Å². The van der Waals surface area contributed by atoms with Crippen molar-refractivity contribution in [1.29, 1.82) is 0 Å². The van der Waals surface area contributed by atoms with E-state index in [1.807, 2.05) is 6.92 Å². The number of urea groups is 1. The molecule has 2 N–H and O–H groups in total. The van der Waals surface area contributed by atoms with Gasteiger partial charge in [0.15, 0.2) is 6.73 Å². The van der Waals surface area contributed by atoms with Gasteiger partial charge in [0.05, 0.1) is 13.2 Å². The van der Waals surface area contributed by atoms with Gasteiger partial charge in [-0.1, -0.05) is 0 Å². The molecule has 116 valence electrons. The van der Waals surface area contributed by atoms with Crippen molar-refractivity contribution in [2.24, 2.45) is 0 Å². The van der Waals surface area contributed by atoms with E-state index in [2.05, 4.69) is 15.4 Å². The van der Waals surface area contributed by atoms with E-state index in [4.69, 9.17) is 9.47 Å². The zero-order valence-corrected chi connectivity index (χ0v) is 12.2. The van der Waals surface area contributed by atoms with Crippen LogP contribution >= 0.6 is 0 Å². The van der Waals surface area contributed by atoms with Crippen LogP contribution in [0.5, 0.6) is 11.5 Å². The first kappa shape index (κ1) is 16.6. The molecule has 0 saturated heterocycles. The number of esters is 1. The maximum absolute atomic E-state index is 11.4. The third-order valence-electron chi connectivity index (χ3n) is 2.30. The molecule has 7 heteroatoms. The summed E-state index contributed by atoms with van der Waals surface area (Å²) in [5.74, 6) is 0.870. The predicted molar refractivity (Wildman–Crippen MR) is 76.3 cm³/mol. The van der Waals surface area contributed by atoms with E-state index in [1.165, 1.54) is 0 Å². The van der Waals surface area contributed by atoms with E-state index >= 15 is 0 Å². The molecular weight excluding hydrogens is 276 g/mol. The van der Waals surface area contributed by atoms with Gasteiger partial charge in [0.1, 0.15) is 18.0 Å². The van der Waals surface area contributed by atoms with Crippen molar-refractivity contribution < 1.29 is 23.8 Å². The van der Waals surface area contributed by atoms with Crippen LogP contribution in [-0.4, -0.2) is 38.5 Å². The smallest absolute Gasteiger partial charge is 0.325 e. The van der Waals surface area contributed by atoms with Crippen molar-refractivity contribution >= 4 is 12.0 Å². The fourth-order valence-electron chi connectivity index (χ4n) is 1.41. The Balaban J connectivity index is 2.20. The first-order valence-corrected chi connectivity index (χ1v) is 6.68. The highest BCUT2D eigenvalue weighted by atomic mass is 16.5. The summed E-state index contributed by atoms with van der Waals surface area (Å²) in [6, 6.07) is 6.53. The van der Waals surface area contributed by atoms with Gasteiger partial charge in [0.2, 0.25) is 0 Å². The summed E-state index contributed by atoms with van der Waals surface area (Å²) in [4.78, 5) is 22.4. The number of carbonyl (C=O) groups is 2. The van der Waals surface area contributed by atoms with Crippen molar-refractivity contribution in [1.82, 2.24) is 10.6 Å². The second-order valence-electron chi connectivity index (χ2n) is 3.86. The van der Waals surface area contributed by atoms with E-state index in [1.54, 1.807) is 31.2 Å². The highest BCUT2D eigenvalue weighted by Crippen LogP contribution is 2.16. The summed E-state index contributed by atoms with van der Waals surface area (Å²) >= 11 is 0. The average molecular weight is 296 g/mol. The van der Waals surface area contributed by atoms with Crippen LogP contribution in [0.4, 0.5) is 4.79 Å². The Kier molecular flexibility index (Phi) is 7.49. The van der Waals surface area contributed by atoms with Crippen LogP contribution in [0.2, 0.25) is 0 Å². The van der Waals surface area contributed by atoms with Crippen LogP contribution in [-0.2, 0) is 9.53 Å². The van der Waals surface area contributed by atoms with E-state index in [-0.39, 0.29) is 19.9 Å². The number of benzene rings is 1. The van der Waals surface area contributed by atoms with Crippen LogP contribution in [0, 0.1) is 0 Å². The maximum atomic E-state index is 11.4. The summed E-state index contributed by atoms with van der Waals surface area (Å²) in [5, 5.41) is 4.81. The lowest BCUT2D eigenvalue weighted by molar-refractivity contribution is -0.141. The van der Waals surface area contributed by atoms with Crippen LogP contribution in [0.3, 0.4) is 0 Å². The number of rotatable bonds is 8.